The molecule has 11 nitrogen and oxygen atoms in total. The quantitative estimate of drug-likeness (QED) is 0.670. The number of hydrogen-bond donors (Lipinski definition) is 2. The Kier molecular flexibility index (Phi) is 6.02. The summed E-state index contributed by atoms with van der Waals surface area (Å²) in [5.41, 5.74) is 0.467. The van der Waals surface area contributed by atoms with Gasteiger partial charge >= 0.3 is 6.03 Å². The minimum absolute atomic E-state index is 0.0197. The summed E-state index contributed by atoms with van der Waals surface area (Å²) >= 11 is 0. The van der Waals surface area contributed by atoms with E-state index in [0.29, 0.717) is 5.69 Å². The minimum Gasteiger partial charge on any atom is -0.481 e. The molecule has 1 aliphatic heterocycles. The van der Waals surface area contributed by atoms with Crippen molar-refractivity contribution < 1.29 is 32.3 Å². The molecule has 1 aliphatic rings. The van der Waals surface area contributed by atoms with Gasteiger partial charge in [-0.1, -0.05) is 18.2 Å². The zero-order valence-electron chi connectivity index (χ0n) is 16.7. The number of carbonyl (C=O) groups excluding carboxylic acids is 3. The number of methoxy groups -OCH3 is 1. The van der Waals surface area contributed by atoms with Crippen LogP contribution in [-0.2, 0) is 24.3 Å². The fourth-order valence-corrected chi connectivity index (χ4v) is 3.92. The Labute approximate surface area is 177 Å². The van der Waals surface area contributed by atoms with Crippen LogP contribution < -0.4 is 14.8 Å². The van der Waals surface area contributed by atoms with E-state index in [1.54, 1.807) is 6.92 Å². The lowest BCUT2D eigenvalue weighted by atomic mass is 10.1. The molecule has 0 spiro atoms. The van der Waals surface area contributed by atoms with E-state index in [1.807, 2.05) is 4.72 Å². The van der Waals surface area contributed by atoms with Gasteiger partial charge in [-0.3, -0.25) is 14.9 Å². The number of ketones is 2. The molecule has 0 fully saturated rings. The van der Waals surface area contributed by atoms with E-state index in [2.05, 4.69) is 15.3 Å². The first-order valence-corrected chi connectivity index (χ1v) is 10.3. The van der Waals surface area contributed by atoms with Gasteiger partial charge in [-0.25, -0.2) is 22.9 Å². The molecule has 2 N–H and O–H groups in total. The molecule has 12 heteroatoms. The van der Waals surface area contributed by atoms with Gasteiger partial charge in [0.05, 0.1) is 12.0 Å². The number of rotatable bonds is 6. The fraction of sp³-hybridized carbons (Fsp3) is 0.211. The number of hydrogen-bond acceptors (Lipinski definition) is 9. The lowest BCUT2D eigenvalue weighted by Gasteiger charge is -2.16. The summed E-state index contributed by atoms with van der Waals surface area (Å²) in [5, 5.41) is 2.22. The maximum atomic E-state index is 12.8. The van der Waals surface area contributed by atoms with Gasteiger partial charge in [-0.15, -0.1) is 0 Å². The number of urea groups is 1. The molecule has 31 heavy (non-hydrogen) atoms. The second kappa shape index (κ2) is 8.52. The van der Waals surface area contributed by atoms with Crippen LogP contribution in [0.2, 0.25) is 0 Å². The van der Waals surface area contributed by atoms with Gasteiger partial charge in [0.25, 0.3) is 10.0 Å². The smallest absolute Gasteiger partial charge is 0.335 e. The summed E-state index contributed by atoms with van der Waals surface area (Å²) in [6.45, 7) is 2.86. The van der Waals surface area contributed by atoms with Gasteiger partial charge in [0.15, 0.2) is 17.6 Å². The Hall–Kier alpha value is -3.80. The summed E-state index contributed by atoms with van der Waals surface area (Å²) in [5.74, 6) is -1.21. The average molecular weight is 446 g/mol. The maximum Gasteiger partial charge on any atom is 0.335 e. The third-order valence-corrected chi connectivity index (χ3v) is 5.51. The minimum atomic E-state index is -4.42. The van der Waals surface area contributed by atoms with Crippen molar-refractivity contribution in [3.05, 3.63) is 53.4 Å². The number of nitrogens with zero attached hydrogens (tertiary/aromatic N) is 2. The second-order valence-corrected chi connectivity index (χ2v) is 8.09. The molecule has 2 heterocycles. The van der Waals surface area contributed by atoms with E-state index in [9.17, 15) is 22.8 Å². The molecule has 0 saturated heterocycles. The first kappa shape index (κ1) is 21.9. The van der Waals surface area contributed by atoms with Crippen molar-refractivity contribution in [3.63, 3.8) is 0 Å². The van der Waals surface area contributed by atoms with Crippen LogP contribution in [0.15, 0.2) is 47.1 Å². The van der Waals surface area contributed by atoms with Crippen LogP contribution in [-0.4, -0.2) is 43.1 Å². The zero-order valence-corrected chi connectivity index (χ0v) is 17.5. The molecule has 162 valence electrons. The van der Waals surface area contributed by atoms with Crippen molar-refractivity contribution in [1.82, 2.24) is 14.7 Å². The zero-order chi connectivity index (χ0) is 22.8. The van der Waals surface area contributed by atoms with E-state index >= 15 is 0 Å². The van der Waals surface area contributed by atoms with E-state index in [4.69, 9.17) is 9.47 Å². The van der Waals surface area contributed by atoms with Crippen LogP contribution in [0.4, 0.5) is 10.7 Å². The summed E-state index contributed by atoms with van der Waals surface area (Å²) < 4.78 is 37.8. The third-order valence-electron chi connectivity index (χ3n) is 4.11. The number of allylic oxidation sites excluding steroid dienone is 1. The van der Waals surface area contributed by atoms with Crippen LogP contribution in [0, 0.1) is 6.92 Å². The molecule has 0 bridgehead atoms. The molecule has 1 aromatic carbocycles. The van der Waals surface area contributed by atoms with Crippen molar-refractivity contribution in [2.45, 2.75) is 24.8 Å². The van der Waals surface area contributed by atoms with Crippen molar-refractivity contribution in [2.24, 2.45) is 0 Å². The Bertz CT molecular complexity index is 1210. The number of nitrogens with one attached hydrogen (secondary N) is 2. The molecular formula is C19H18N4O7S. The highest BCUT2D eigenvalue weighted by Gasteiger charge is 2.35. The number of carbonyl (C=O) groups is 3. The summed E-state index contributed by atoms with van der Waals surface area (Å²) in [7, 11) is -3.04. The molecule has 0 aliphatic carbocycles. The molecule has 1 unspecified atom stereocenters. The highest BCUT2D eigenvalue weighted by Crippen LogP contribution is 2.32. The summed E-state index contributed by atoms with van der Waals surface area (Å²) in [4.78, 5) is 43.5. The predicted molar refractivity (Wildman–Crippen MR) is 107 cm³/mol. The van der Waals surface area contributed by atoms with Gasteiger partial charge in [-0.2, -0.15) is 4.98 Å². The molecule has 1 aromatic heterocycles. The lowest BCUT2D eigenvalue weighted by molar-refractivity contribution is -0.122. The number of ether oxygens (including phenoxy) is 2. The summed E-state index contributed by atoms with van der Waals surface area (Å²) in [6, 6.07) is 5.90. The first-order valence-electron chi connectivity index (χ1n) is 8.86. The van der Waals surface area contributed by atoms with Crippen molar-refractivity contribution >= 4 is 33.6 Å². The predicted octanol–water partition coefficient (Wildman–Crippen LogP) is 1.42. The van der Waals surface area contributed by atoms with E-state index in [-0.39, 0.29) is 28.0 Å². The van der Waals surface area contributed by atoms with E-state index < -0.39 is 33.7 Å². The third kappa shape index (κ3) is 4.86. The Morgan fingerprint density at radius 1 is 1.19 bits per heavy atom. The van der Waals surface area contributed by atoms with Gasteiger partial charge in [-0.05, 0) is 13.0 Å². The van der Waals surface area contributed by atoms with E-state index in [1.165, 1.54) is 44.4 Å². The fourth-order valence-electron chi connectivity index (χ4n) is 2.77. The SMILES string of the molecule is COc1cc(C)nc(NC(=O)NS(=O)(=O)c2ccccc2C2OC(C(C)=O)=CC2=O)n1. The highest BCUT2D eigenvalue weighted by atomic mass is 32.2. The molecular weight excluding hydrogens is 428 g/mol. The van der Waals surface area contributed by atoms with Crippen LogP contribution >= 0.6 is 0 Å². The number of anilines is 1. The Balaban J connectivity index is 1.83. The van der Waals surface area contributed by atoms with Gasteiger partial charge in [0.2, 0.25) is 17.6 Å². The van der Waals surface area contributed by atoms with Gasteiger partial charge in [0.1, 0.15) is 0 Å². The molecule has 0 radical (unpaired) electrons. The van der Waals surface area contributed by atoms with Crippen LogP contribution in [0.5, 0.6) is 5.88 Å². The number of benzene rings is 1. The maximum absolute atomic E-state index is 12.8. The number of amides is 2. The van der Waals surface area contributed by atoms with Gasteiger partial charge < -0.3 is 9.47 Å². The van der Waals surface area contributed by atoms with Crippen LogP contribution in [0.25, 0.3) is 0 Å². The van der Waals surface area contributed by atoms with E-state index in [0.717, 1.165) is 6.08 Å². The highest BCUT2D eigenvalue weighted by molar-refractivity contribution is 7.90. The second-order valence-electron chi connectivity index (χ2n) is 6.44. The average Bonchev–Trinajstić information content (AvgIpc) is 3.09. The lowest BCUT2D eigenvalue weighted by Crippen LogP contribution is -2.35. The molecule has 1 atom stereocenters. The number of Topliss-reactive ketones (excluding diaryl/α,β-unsaturated/α-hetero) is 1. The van der Waals surface area contributed by atoms with Crippen molar-refractivity contribution in [3.8, 4) is 5.88 Å². The van der Waals surface area contributed by atoms with Crippen LogP contribution in [0.1, 0.15) is 24.3 Å². The molecule has 0 saturated carbocycles. The summed E-state index contributed by atoms with van der Waals surface area (Å²) in [6.07, 6.45) is -0.307. The molecule has 2 aromatic rings. The molecule has 2 amide bonds. The molecule has 3 rings (SSSR count). The first-order chi connectivity index (χ1) is 14.6. The van der Waals surface area contributed by atoms with Crippen LogP contribution in [0.3, 0.4) is 0 Å². The normalized spacial score (nSPS) is 15.6. The Morgan fingerprint density at radius 2 is 1.90 bits per heavy atom. The number of aromatic nitrogens is 2. The monoisotopic (exact) mass is 446 g/mol. The van der Waals surface area contributed by atoms with Crippen molar-refractivity contribution in [2.75, 3.05) is 12.4 Å². The largest absolute Gasteiger partial charge is 0.481 e. The number of sulfonamides is 1. The standard InChI is InChI=1S/C19H18N4O7S/c1-10-8-16(29-3)21-18(20-10)22-19(26)23-31(27,28)15-7-5-4-6-12(15)17-13(25)9-14(30-17)11(2)24/h4-9,17H,1-3H3,(H2,20,21,22,23,26). The topological polar surface area (TPSA) is 154 Å². The van der Waals surface area contributed by atoms with Crippen molar-refractivity contribution in [1.29, 1.82) is 0 Å². The van der Waals surface area contributed by atoms with Gasteiger partial charge in [0, 0.05) is 30.3 Å². The number of aryl methyl sites for hydroxylation is 1. The Morgan fingerprint density at radius 3 is 2.55 bits per heavy atom.